The van der Waals surface area contributed by atoms with E-state index in [0.717, 1.165) is 0 Å². The predicted octanol–water partition coefficient (Wildman–Crippen LogP) is 3.72. The van der Waals surface area contributed by atoms with Crippen LogP contribution >= 0.6 is 0 Å². The van der Waals surface area contributed by atoms with Crippen molar-refractivity contribution in [3.63, 3.8) is 0 Å². The topological polar surface area (TPSA) is 3.24 Å². The maximum atomic E-state index is 2.78. The van der Waals surface area contributed by atoms with Crippen molar-refractivity contribution in [2.45, 2.75) is 76.8 Å². The van der Waals surface area contributed by atoms with Crippen molar-refractivity contribution < 1.29 is 0 Å². The van der Waals surface area contributed by atoms with Crippen LogP contribution in [0.2, 0.25) is 4.44 Å². The van der Waals surface area contributed by atoms with Crippen molar-refractivity contribution in [3.8, 4) is 0 Å². The van der Waals surface area contributed by atoms with Crippen LogP contribution in [0.25, 0.3) is 0 Å². The van der Waals surface area contributed by atoms with Crippen LogP contribution in [0.5, 0.6) is 0 Å². The van der Waals surface area contributed by atoms with Gasteiger partial charge >= 0.3 is 101 Å². The second-order valence-electron chi connectivity index (χ2n) is 5.94. The summed E-state index contributed by atoms with van der Waals surface area (Å²) in [6.07, 6.45) is 2.78. The molecule has 0 aliphatic heterocycles. The van der Waals surface area contributed by atoms with Gasteiger partial charge in [0.2, 0.25) is 0 Å². The molecule has 2 heteroatoms. The van der Waals surface area contributed by atoms with Gasteiger partial charge in [-0.05, 0) is 0 Å². The van der Waals surface area contributed by atoms with Gasteiger partial charge in [-0.15, -0.1) is 0 Å². The number of hydrogen-bond acceptors (Lipinski definition) is 1. The van der Waals surface area contributed by atoms with Gasteiger partial charge in [-0.1, -0.05) is 0 Å². The van der Waals surface area contributed by atoms with Gasteiger partial charge in [0.05, 0.1) is 0 Å². The molecule has 0 bridgehead atoms. The summed E-state index contributed by atoms with van der Waals surface area (Å²) in [5, 5.41) is 0. The van der Waals surface area contributed by atoms with E-state index < -0.39 is 0 Å². The molecule has 0 amide bonds. The molecule has 0 saturated carbocycles. The Hall–Kier alpha value is 0.759. The number of hydrogen-bond donors (Lipinski definition) is 0. The van der Waals surface area contributed by atoms with E-state index in [1.54, 1.807) is 0 Å². The Labute approximate surface area is 101 Å². The van der Waals surface area contributed by atoms with Gasteiger partial charge < -0.3 is 0 Å². The summed E-state index contributed by atoms with van der Waals surface area (Å²) < 4.78 is 4.27. The third-order valence-electron chi connectivity index (χ3n) is 2.14. The van der Waals surface area contributed by atoms with Crippen molar-refractivity contribution in [2.24, 2.45) is 0 Å². The zero-order valence-electron chi connectivity index (χ0n) is 11.1. The van der Waals surface area contributed by atoms with Crippen molar-refractivity contribution in [1.82, 2.24) is 3.12 Å². The van der Waals surface area contributed by atoms with Crippen LogP contribution in [0, 0.1) is 0 Å². The fraction of sp³-hybridized carbons (Fsp3) is 1.00. The Balaban J connectivity index is 4.28. The van der Waals surface area contributed by atoms with Crippen LogP contribution < -0.4 is 0 Å². The molecular formula is C12H27NSn. The molecular weight excluding hydrogens is 277 g/mol. The normalized spacial score (nSPS) is 13.7. The number of unbranched alkanes of at least 4 members (excludes halogenated alkanes) is 1. The number of nitrogens with zero attached hydrogens (tertiary/aromatic N) is 1. The van der Waals surface area contributed by atoms with Crippen molar-refractivity contribution in [2.75, 3.05) is 0 Å². The molecule has 2 radical (unpaired) electrons. The minimum atomic E-state index is -0.348. The zero-order valence-corrected chi connectivity index (χ0v) is 13.9. The molecule has 0 atom stereocenters. The first kappa shape index (κ1) is 14.8. The van der Waals surface area contributed by atoms with Gasteiger partial charge in [-0.2, -0.15) is 0 Å². The summed E-state index contributed by atoms with van der Waals surface area (Å²) in [5.74, 6) is 0. The molecule has 0 aromatic rings. The first-order chi connectivity index (χ1) is 6.19. The summed E-state index contributed by atoms with van der Waals surface area (Å²) in [6.45, 7) is 16.4. The third-order valence-corrected chi connectivity index (χ3v) is 8.52. The molecule has 0 aliphatic carbocycles. The standard InChI is InChI=1S/C8H18N.C4H9.Sn/c1-7(2,3)9-8(4,5)6;1-3-4-2;/h1-6H3;1,3-4H2,2H3;/q-1;;+1. The van der Waals surface area contributed by atoms with E-state index in [9.17, 15) is 0 Å². The van der Waals surface area contributed by atoms with E-state index >= 15 is 0 Å². The zero-order chi connectivity index (χ0) is 11.4. The van der Waals surface area contributed by atoms with Gasteiger partial charge in [0, 0.05) is 0 Å². The Kier molecular flexibility index (Phi) is 6.05. The second kappa shape index (κ2) is 5.74. The van der Waals surface area contributed by atoms with E-state index in [1.807, 2.05) is 0 Å². The third kappa shape index (κ3) is 5.59. The van der Waals surface area contributed by atoms with Crippen LogP contribution in [-0.4, -0.2) is 35.6 Å². The Morgan fingerprint density at radius 1 is 0.929 bits per heavy atom. The van der Waals surface area contributed by atoms with Crippen LogP contribution in [-0.2, 0) is 0 Å². The van der Waals surface area contributed by atoms with Crippen LogP contribution in [0.15, 0.2) is 0 Å². The Morgan fingerprint density at radius 3 is 1.64 bits per heavy atom. The van der Waals surface area contributed by atoms with Gasteiger partial charge in [-0.25, -0.2) is 0 Å². The van der Waals surface area contributed by atoms with Gasteiger partial charge in [0.1, 0.15) is 0 Å². The first-order valence-electron chi connectivity index (χ1n) is 5.73. The minimum absolute atomic E-state index is 0.348. The summed E-state index contributed by atoms with van der Waals surface area (Å²) in [7, 11) is 0. The molecule has 0 saturated heterocycles. The molecule has 0 heterocycles. The van der Waals surface area contributed by atoms with Crippen molar-refractivity contribution in [1.29, 1.82) is 0 Å². The summed E-state index contributed by atoms with van der Waals surface area (Å²) >= 11 is -0.348. The Bertz CT molecular complexity index is 139. The van der Waals surface area contributed by atoms with E-state index in [4.69, 9.17) is 0 Å². The monoisotopic (exact) mass is 305 g/mol. The molecule has 0 aromatic heterocycles. The molecule has 0 unspecified atom stereocenters. The fourth-order valence-electron chi connectivity index (χ4n) is 1.85. The summed E-state index contributed by atoms with van der Waals surface area (Å²) in [5.41, 5.74) is 0.719. The first-order valence-corrected chi connectivity index (χ1v) is 9.03. The van der Waals surface area contributed by atoms with E-state index in [-0.39, 0.29) is 21.4 Å². The number of rotatable bonds is 4. The molecule has 0 aromatic carbocycles. The summed E-state index contributed by atoms with van der Waals surface area (Å²) in [6, 6.07) is 0. The summed E-state index contributed by atoms with van der Waals surface area (Å²) in [4.78, 5) is 0. The van der Waals surface area contributed by atoms with Crippen LogP contribution in [0.4, 0.5) is 0 Å². The van der Waals surface area contributed by atoms with E-state index in [2.05, 4.69) is 51.6 Å². The van der Waals surface area contributed by atoms with E-state index in [1.165, 1.54) is 17.3 Å². The van der Waals surface area contributed by atoms with Crippen molar-refractivity contribution >= 4 is 21.4 Å². The molecule has 0 N–H and O–H groups in total. The average Bonchev–Trinajstić information content (AvgIpc) is 1.92. The maximum absolute atomic E-state index is 2.78. The van der Waals surface area contributed by atoms with Gasteiger partial charge in [0.25, 0.3) is 0 Å². The average molecular weight is 304 g/mol. The van der Waals surface area contributed by atoms with E-state index in [0.29, 0.717) is 11.1 Å². The van der Waals surface area contributed by atoms with Crippen LogP contribution in [0.1, 0.15) is 61.3 Å². The molecule has 0 rings (SSSR count). The van der Waals surface area contributed by atoms with Crippen LogP contribution in [0.3, 0.4) is 0 Å². The molecule has 0 fully saturated rings. The molecule has 14 heavy (non-hydrogen) atoms. The van der Waals surface area contributed by atoms with Gasteiger partial charge in [-0.3, -0.25) is 0 Å². The van der Waals surface area contributed by atoms with Crippen molar-refractivity contribution in [3.05, 3.63) is 0 Å². The second-order valence-corrected chi connectivity index (χ2v) is 9.54. The fourth-order valence-corrected chi connectivity index (χ4v) is 6.65. The predicted molar refractivity (Wildman–Crippen MR) is 66.8 cm³/mol. The molecule has 0 aliphatic rings. The van der Waals surface area contributed by atoms with Gasteiger partial charge in [0.15, 0.2) is 0 Å². The Morgan fingerprint density at radius 2 is 1.36 bits per heavy atom. The SMILES string of the molecule is CCC[CH2][Sn][N](C(C)(C)C)C(C)(C)C. The molecule has 1 nitrogen and oxygen atoms in total. The quantitative estimate of drug-likeness (QED) is 0.565. The molecule has 84 valence electrons. The molecule has 0 spiro atoms.